The number of phenolic OH excluding ortho intramolecular Hbond substituents is 3. The van der Waals surface area contributed by atoms with Crippen LogP contribution >= 0.6 is 34.8 Å². The average molecular weight is 1680 g/mol. The lowest BCUT2D eigenvalue weighted by Crippen LogP contribution is -2.62. The minimum absolute atomic E-state index is 0.0166. The molecule has 622 valence electrons. The van der Waals surface area contributed by atoms with E-state index in [4.69, 9.17) is 73.7 Å². The van der Waals surface area contributed by atoms with Crippen LogP contribution in [-0.2, 0) is 63.8 Å². The number of carbonyl (C=O) groups is 8. The van der Waals surface area contributed by atoms with Gasteiger partial charge in [0.1, 0.15) is 102 Å². The Balaban J connectivity index is 0.957. The number of carboxylic acids is 1. The summed E-state index contributed by atoms with van der Waals surface area (Å²) in [7, 11) is 1.48. The van der Waals surface area contributed by atoms with Gasteiger partial charge in [-0.2, -0.15) is 0 Å². The number of likely N-dealkylation sites (N-methyl/N-ethyl adjacent to an activating group) is 1. The van der Waals surface area contributed by atoms with Crippen LogP contribution in [0.4, 0.5) is 0 Å². The van der Waals surface area contributed by atoms with E-state index >= 15 is 14.4 Å². The Hall–Kier alpha value is -10.5. The Morgan fingerprint density at radius 1 is 0.641 bits per heavy atom. The SMILES string of the molecule is CN[C@H](CC(C)C)C(=O)N[C@H]1C(=O)N[C@@H](CC(N)=O)C(=O)N[C@H]2C(=O)N[C@H]3C(=O)N[C@H](C(=O)N[C@H](C(=O)O)c4cc(O)cc(O)c4-c4cc3ccc4O)[C@H](O)c3ccc(c(Cl)c3)Oc3cc2cc(c3OCCO[C@@H]2O[C@H](CO)[C@@H](O)[C@H](O)[C@H]2O[C@H]2C[C@@H](NCc3ccc(-c4ccc(Cl)cc4)cc3)[C@@H](O)[C@H](C)O2)Oc2ccc(cc2Cl)[C@H]1O. The van der Waals surface area contributed by atoms with E-state index in [-0.39, 0.29) is 57.0 Å². The van der Waals surface area contributed by atoms with Crippen molar-refractivity contribution in [2.75, 3.05) is 26.9 Å². The molecule has 34 nitrogen and oxygen atoms in total. The van der Waals surface area contributed by atoms with Gasteiger partial charge in [-0.15, -0.1) is 0 Å². The van der Waals surface area contributed by atoms with E-state index in [1.807, 2.05) is 50.2 Å². The number of carbonyl (C=O) groups excluding carboxylic acids is 7. The van der Waals surface area contributed by atoms with Crippen LogP contribution in [-0.4, -0.2) is 205 Å². The average Bonchev–Trinajstić information content (AvgIpc) is 0.761. The predicted molar refractivity (Wildman–Crippen MR) is 415 cm³/mol. The second-order valence-corrected chi connectivity index (χ2v) is 30.3. The monoisotopic (exact) mass is 1680 g/mol. The van der Waals surface area contributed by atoms with E-state index in [0.29, 0.717) is 11.6 Å². The van der Waals surface area contributed by atoms with Crippen LogP contribution in [0.2, 0.25) is 15.1 Å². The molecule has 20 N–H and O–H groups in total. The number of hydrogen-bond donors (Lipinski definition) is 19. The number of aromatic hydroxyl groups is 3. The number of nitrogens with one attached hydrogen (secondary N) is 8. The van der Waals surface area contributed by atoms with Gasteiger partial charge in [-0.1, -0.05) is 103 Å². The third-order valence-corrected chi connectivity index (χ3v) is 21.3. The van der Waals surface area contributed by atoms with Crippen LogP contribution in [0.5, 0.6) is 46.0 Å². The summed E-state index contributed by atoms with van der Waals surface area (Å²) < 4.78 is 44.6. The van der Waals surface area contributed by atoms with Gasteiger partial charge in [-0.3, -0.25) is 33.6 Å². The fourth-order valence-corrected chi connectivity index (χ4v) is 14.9. The summed E-state index contributed by atoms with van der Waals surface area (Å²) in [4.78, 5) is 117. The molecule has 7 heterocycles. The Kier molecular flexibility index (Phi) is 27.1. The van der Waals surface area contributed by atoms with Crippen molar-refractivity contribution in [3.8, 4) is 68.2 Å². The summed E-state index contributed by atoms with van der Waals surface area (Å²) in [6.07, 6.45) is -16.5. The number of amides is 7. The second-order valence-electron chi connectivity index (χ2n) is 29.1. The van der Waals surface area contributed by atoms with Crippen molar-refractivity contribution in [1.82, 2.24) is 42.5 Å². The Morgan fingerprint density at radius 3 is 1.87 bits per heavy atom. The lowest BCUT2D eigenvalue weighted by molar-refractivity contribution is -0.345. The fraction of sp³-hybridized carbons (Fsp3) is 0.375. The van der Waals surface area contributed by atoms with Crippen molar-refractivity contribution >= 4 is 82.1 Å². The van der Waals surface area contributed by atoms with Crippen LogP contribution < -0.4 is 62.5 Å². The summed E-state index contributed by atoms with van der Waals surface area (Å²) >= 11 is 20.3. The third-order valence-electron chi connectivity index (χ3n) is 20.5. The molecule has 7 aromatic carbocycles. The van der Waals surface area contributed by atoms with Crippen molar-refractivity contribution in [3.05, 3.63) is 176 Å². The number of halogens is 3. The van der Waals surface area contributed by atoms with Gasteiger partial charge in [-0.25, -0.2) is 4.79 Å². The van der Waals surface area contributed by atoms with Crippen molar-refractivity contribution in [2.24, 2.45) is 11.7 Å². The first-order valence-corrected chi connectivity index (χ1v) is 38.2. The van der Waals surface area contributed by atoms with Gasteiger partial charge >= 0.3 is 5.97 Å². The van der Waals surface area contributed by atoms with E-state index in [1.54, 1.807) is 19.1 Å². The molecule has 117 heavy (non-hydrogen) atoms. The van der Waals surface area contributed by atoms with Gasteiger partial charge in [0.05, 0.1) is 47.9 Å². The first kappa shape index (κ1) is 85.8. The summed E-state index contributed by atoms with van der Waals surface area (Å²) in [6, 6.07) is 14.4. The highest BCUT2D eigenvalue weighted by molar-refractivity contribution is 6.32. The number of fused-ring (bicyclic) bond motifs is 15. The molecule has 7 aromatic rings. The number of ether oxygens (including phenoxy) is 7. The molecular formula is C80H86Cl3N9O25. The van der Waals surface area contributed by atoms with Gasteiger partial charge in [0.15, 0.2) is 30.1 Å². The van der Waals surface area contributed by atoms with Crippen molar-refractivity contribution in [1.29, 1.82) is 0 Å². The number of aliphatic hydroxyl groups is 6. The van der Waals surface area contributed by atoms with Crippen LogP contribution in [0.25, 0.3) is 22.3 Å². The van der Waals surface area contributed by atoms with Gasteiger partial charge in [-0.05, 0) is 132 Å². The smallest absolute Gasteiger partial charge is 0.330 e. The highest BCUT2D eigenvalue weighted by Crippen LogP contribution is 2.49. The van der Waals surface area contributed by atoms with E-state index in [2.05, 4.69) is 42.5 Å². The lowest BCUT2D eigenvalue weighted by Gasteiger charge is -2.45. The maximum atomic E-state index is 16.1. The molecule has 14 rings (SSSR count). The van der Waals surface area contributed by atoms with Gasteiger partial charge in [0.25, 0.3) is 0 Å². The van der Waals surface area contributed by atoms with Crippen LogP contribution in [0.15, 0.2) is 127 Å². The highest BCUT2D eigenvalue weighted by Gasteiger charge is 2.49. The minimum Gasteiger partial charge on any atom is -0.508 e. The number of nitrogens with two attached hydrogens (primary N) is 1. The lowest BCUT2D eigenvalue weighted by atomic mass is 9.89. The molecule has 11 bridgehead atoms. The number of benzene rings is 7. The molecule has 2 saturated heterocycles. The molecule has 7 amide bonds. The fourth-order valence-electron chi connectivity index (χ4n) is 14.3. The van der Waals surface area contributed by atoms with E-state index < -0.39 is 240 Å². The summed E-state index contributed by atoms with van der Waals surface area (Å²) in [5, 5.41) is 135. The van der Waals surface area contributed by atoms with Crippen molar-refractivity contribution < 1.29 is 123 Å². The summed E-state index contributed by atoms with van der Waals surface area (Å²) in [6.45, 7) is 3.56. The summed E-state index contributed by atoms with van der Waals surface area (Å²) in [5.74, 6) is -15.2. The van der Waals surface area contributed by atoms with E-state index in [9.17, 15) is 75.0 Å². The van der Waals surface area contributed by atoms with Crippen LogP contribution in [0.3, 0.4) is 0 Å². The van der Waals surface area contributed by atoms with Gasteiger partial charge in [0, 0.05) is 46.8 Å². The zero-order valence-corrected chi connectivity index (χ0v) is 65.1. The highest BCUT2D eigenvalue weighted by atomic mass is 35.5. The molecule has 0 radical (unpaired) electrons. The van der Waals surface area contributed by atoms with Gasteiger partial charge in [0.2, 0.25) is 47.1 Å². The van der Waals surface area contributed by atoms with Crippen LogP contribution in [0, 0.1) is 5.92 Å². The number of aliphatic carboxylic acids is 1. The number of rotatable bonds is 20. The molecule has 0 spiro atoms. The molecular weight excluding hydrogens is 1590 g/mol. The molecule has 0 saturated carbocycles. The zero-order chi connectivity index (χ0) is 84.1. The normalized spacial score (nSPS) is 26.3. The quantitative estimate of drug-likeness (QED) is 0.0481. The number of carboxylic acid groups (broad SMARTS) is 1. The third kappa shape index (κ3) is 19.5. The van der Waals surface area contributed by atoms with E-state index in [1.165, 1.54) is 37.4 Å². The molecule has 7 aliphatic rings. The first-order chi connectivity index (χ1) is 55.7. The minimum atomic E-state index is -2.29. The predicted octanol–water partition coefficient (Wildman–Crippen LogP) is 3.88. The molecule has 7 aliphatic heterocycles. The number of primary amides is 1. The van der Waals surface area contributed by atoms with Crippen molar-refractivity contribution in [3.63, 3.8) is 0 Å². The first-order valence-electron chi connectivity index (χ1n) is 37.1. The number of aliphatic hydroxyl groups excluding tert-OH is 6. The molecule has 18 atom stereocenters. The second kappa shape index (κ2) is 37.0. The maximum Gasteiger partial charge on any atom is 0.330 e. The largest absolute Gasteiger partial charge is 0.508 e. The Bertz CT molecular complexity index is 4900. The zero-order valence-electron chi connectivity index (χ0n) is 62.9. The van der Waals surface area contributed by atoms with Gasteiger partial charge < -0.3 is 132 Å². The molecule has 37 heteroatoms. The number of hydrogen-bond acceptors (Lipinski definition) is 26. The summed E-state index contributed by atoms with van der Waals surface area (Å²) in [5.41, 5.74) is 5.88. The van der Waals surface area contributed by atoms with Crippen molar-refractivity contribution in [2.45, 2.75) is 156 Å². The molecule has 2 fully saturated rings. The number of phenols is 3. The Morgan fingerprint density at radius 2 is 1.26 bits per heavy atom. The topological polar surface area (TPSA) is 526 Å². The molecule has 0 aromatic heterocycles. The molecule has 0 aliphatic carbocycles. The standard InChI is InChI=1S/C80H86Cl3N9O25/c1-33(2)21-49(85-4)73(103)91-64-67(99)39-12-17-53(46(82)23-39)114-55-25-41-26-56(71(55)111-19-20-112-80-72(70(102)69(101)57(32-93)116-80)117-59-30-48(66(98)34(3)113-59)86-31-35-5-7-36(8-6-35)37-9-14-42(81)15-10-37)115-54-18-13-40(24-47(54)83)68(100)65-78(108)90-63(79(109)110)45-27-43(94)28-52(96)60(45)44-22-38(11-16-51(44)95)61(75(105)92-65)89-76(106)62(41)88-74(104)50(29-58(84)97)87-77(64)107/h5-18,22-28,33-34,48-50,57,59,61-70,72,80,85-86,93-96,98-102H,19-21,29-32H2,1-4H3,(H2,84,97)(H,87,107)(H,88,104)(H,89,106)(H,90,108)(H,91,103)(H,92,105)(H,109,110)/t34-,48+,49+,50-,57+,59-,61+,62+,63-,64+,65-,66-,67+,68+,69+,70-,72+,80+/m0/s1. The molecule has 0 unspecified atom stereocenters. The van der Waals surface area contributed by atoms with Crippen LogP contribution in [0.1, 0.15) is 104 Å². The Labute approximate surface area is 682 Å². The maximum absolute atomic E-state index is 16.1. The van der Waals surface area contributed by atoms with E-state index in [0.717, 1.165) is 65.2 Å².